The molecule has 0 bridgehead atoms. The maximum Gasteiger partial charge on any atom is 0.308 e. The van der Waals surface area contributed by atoms with E-state index in [9.17, 15) is 18.0 Å². The van der Waals surface area contributed by atoms with E-state index in [2.05, 4.69) is 0 Å². The number of hydrogen-bond donors (Lipinski definition) is 1. The molecular weight excluding hydrogens is 248 g/mol. The van der Waals surface area contributed by atoms with Gasteiger partial charge in [0.25, 0.3) is 0 Å². The second kappa shape index (κ2) is 5.97. The highest BCUT2D eigenvalue weighted by atomic mass is 32.2. The lowest BCUT2D eigenvalue weighted by atomic mass is 10.2. The molecule has 0 aromatic rings. The fourth-order valence-electron chi connectivity index (χ4n) is 1.02. The summed E-state index contributed by atoms with van der Waals surface area (Å²) in [6.45, 7) is 1.24. The number of likely N-dealkylation sites (N-methyl/N-ethyl adjacent to an activating group) is 2. The lowest BCUT2D eigenvalue weighted by Crippen LogP contribution is -2.41. The van der Waals surface area contributed by atoms with Crippen LogP contribution in [0.4, 0.5) is 0 Å². The molecule has 0 aromatic heterocycles. The maximum atomic E-state index is 11.6. The summed E-state index contributed by atoms with van der Waals surface area (Å²) in [7, 11) is -0.671. The average Bonchev–Trinajstić information content (AvgIpc) is 2.15. The summed E-state index contributed by atoms with van der Waals surface area (Å²) in [6, 6.07) is 0. The Labute approximate surface area is 101 Å². The number of carbonyl (C=O) groups excluding carboxylic acids is 1. The van der Waals surface area contributed by atoms with Crippen molar-refractivity contribution in [3.05, 3.63) is 0 Å². The molecule has 0 rings (SSSR count). The Bertz CT molecular complexity index is 392. The average molecular weight is 266 g/mol. The first-order valence-electron chi connectivity index (χ1n) is 4.93. The van der Waals surface area contributed by atoms with Gasteiger partial charge in [-0.1, -0.05) is 6.92 Å². The standard InChI is InChI=1S/C9H18N2O5S/c1-7(9(13)14)5-10(2)8(12)6-11(3)17(4,15)16/h7H,5-6H2,1-4H3,(H,13,14). The summed E-state index contributed by atoms with van der Waals surface area (Å²) in [5, 5.41) is 8.68. The lowest BCUT2D eigenvalue weighted by molar-refractivity contribution is -0.142. The highest BCUT2D eigenvalue weighted by Gasteiger charge is 2.21. The molecule has 7 nitrogen and oxygen atoms in total. The second-order valence-corrected chi connectivity index (χ2v) is 6.12. The summed E-state index contributed by atoms with van der Waals surface area (Å²) >= 11 is 0. The van der Waals surface area contributed by atoms with Crippen molar-refractivity contribution >= 4 is 21.9 Å². The SMILES string of the molecule is CC(CN(C)C(=O)CN(C)S(C)(=O)=O)C(=O)O. The molecule has 0 aliphatic heterocycles. The number of carboxylic acid groups (broad SMARTS) is 1. The number of amides is 1. The molecule has 1 amide bonds. The molecule has 0 heterocycles. The van der Waals surface area contributed by atoms with E-state index in [1.165, 1.54) is 25.9 Å². The number of aliphatic carboxylic acids is 1. The Morgan fingerprint density at radius 2 is 1.76 bits per heavy atom. The topological polar surface area (TPSA) is 95.0 Å². The van der Waals surface area contributed by atoms with Crippen molar-refractivity contribution in [3.63, 3.8) is 0 Å². The van der Waals surface area contributed by atoms with Crippen LogP contribution in [-0.4, -0.2) is 68.0 Å². The summed E-state index contributed by atoms with van der Waals surface area (Å²) in [5.41, 5.74) is 0. The monoisotopic (exact) mass is 266 g/mol. The van der Waals surface area contributed by atoms with E-state index in [4.69, 9.17) is 5.11 Å². The zero-order valence-electron chi connectivity index (χ0n) is 10.4. The van der Waals surface area contributed by atoms with E-state index < -0.39 is 27.8 Å². The van der Waals surface area contributed by atoms with Crippen molar-refractivity contribution < 1.29 is 23.1 Å². The molecule has 8 heteroatoms. The molecule has 0 saturated heterocycles. The van der Waals surface area contributed by atoms with Crippen LogP contribution < -0.4 is 0 Å². The zero-order chi connectivity index (χ0) is 13.8. The lowest BCUT2D eigenvalue weighted by Gasteiger charge is -2.22. The Morgan fingerprint density at radius 1 is 1.29 bits per heavy atom. The number of carboxylic acids is 1. The fourth-order valence-corrected chi connectivity index (χ4v) is 1.36. The molecule has 0 fully saturated rings. The largest absolute Gasteiger partial charge is 0.481 e. The Balaban J connectivity index is 4.38. The van der Waals surface area contributed by atoms with Crippen LogP contribution in [-0.2, 0) is 19.6 Å². The van der Waals surface area contributed by atoms with Gasteiger partial charge in [0.1, 0.15) is 0 Å². The number of sulfonamides is 1. The third kappa shape index (κ3) is 5.64. The zero-order valence-corrected chi connectivity index (χ0v) is 11.2. The molecule has 0 aliphatic rings. The van der Waals surface area contributed by atoms with Crippen molar-refractivity contribution in [1.82, 2.24) is 9.21 Å². The van der Waals surface area contributed by atoms with Gasteiger partial charge in [0, 0.05) is 20.6 Å². The molecule has 0 aliphatic carbocycles. The van der Waals surface area contributed by atoms with E-state index in [-0.39, 0.29) is 13.1 Å². The summed E-state index contributed by atoms with van der Waals surface area (Å²) < 4.78 is 23.1. The highest BCUT2D eigenvalue weighted by molar-refractivity contribution is 7.88. The van der Waals surface area contributed by atoms with E-state index in [0.717, 1.165) is 10.6 Å². The van der Waals surface area contributed by atoms with Gasteiger partial charge in [0.2, 0.25) is 15.9 Å². The Kier molecular flexibility index (Phi) is 5.56. The maximum absolute atomic E-state index is 11.6. The minimum absolute atomic E-state index is 0.0474. The van der Waals surface area contributed by atoms with Gasteiger partial charge in [-0.25, -0.2) is 8.42 Å². The van der Waals surface area contributed by atoms with Gasteiger partial charge in [-0.3, -0.25) is 9.59 Å². The second-order valence-electron chi connectivity index (χ2n) is 4.03. The molecule has 1 N–H and O–H groups in total. The summed E-state index contributed by atoms with van der Waals surface area (Å²) in [5.74, 6) is -2.13. The van der Waals surface area contributed by atoms with Gasteiger partial charge in [-0.2, -0.15) is 4.31 Å². The van der Waals surface area contributed by atoms with Crippen LogP contribution in [0.25, 0.3) is 0 Å². The predicted octanol–water partition coefficient (Wildman–Crippen LogP) is -0.943. The van der Waals surface area contributed by atoms with E-state index >= 15 is 0 Å². The summed E-state index contributed by atoms with van der Waals surface area (Å²) in [6.07, 6.45) is 1.00. The minimum Gasteiger partial charge on any atom is -0.481 e. The van der Waals surface area contributed by atoms with E-state index in [0.29, 0.717) is 0 Å². The molecule has 0 aromatic carbocycles. The molecule has 0 radical (unpaired) electrons. The third-order valence-electron chi connectivity index (χ3n) is 2.32. The van der Waals surface area contributed by atoms with Crippen molar-refractivity contribution in [2.75, 3.05) is 33.4 Å². The normalized spacial score (nSPS) is 13.5. The molecule has 0 spiro atoms. The predicted molar refractivity (Wildman–Crippen MR) is 61.9 cm³/mol. The molecular formula is C9H18N2O5S. The first kappa shape index (κ1) is 15.9. The van der Waals surface area contributed by atoms with Gasteiger partial charge in [-0.15, -0.1) is 0 Å². The van der Waals surface area contributed by atoms with Crippen molar-refractivity contribution in [2.45, 2.75) is 6.92 Å². The van der Waals surface area contributed by atoms with Gasteiger partial charge < -0.3 is 10.0 Å². The Hall–Kier alpha value is -1.15. The van der Waals surface area contributed by atoms with Crippen LogP contribution in [0.5, 0.6) is 0 Å². The highest BCUT2D eigenvalue weighted by Crippen LogP contribution is 2.00. The van der Waals surface area contributed by atoms with Crippen molar-refractivity contribution in [2.24, 2.45) is 5.92 Å². The quantitative estimate of drug-likeness (QED) is 0.669. The van der Waals surface area contributed by atoms with Gasteiger partial charge in [-0.05, 0) is 0 Å². The molecule has 100 valence electrons. The first-order valence-corrected chi connectivity index (χ1v) is 6.78. The van der Waals surface area contributed by atoms with E-state index in [1.54, 1.807) is 0 Å². The molecule has 1 atom stereocenters. The molecule has 17 heavy (non-hydrogen) atoms. The van der Waals surface area contributed by atoms with Crippen LogP contribution in [0, 0.1) is 5.92 Å². The number of rotatable bonds is 6. The van der Waals surface area contributed by atoms with Gasteiger partial charge >= 0.3 is 5.97 Å². The van der Waals surface area contributed by atoms with Crippen LogP contribution in [0.3, 0.4) is 0 Å². The van der Waals surface area contributed by atoms with Gasteiger partial charge in [0.05, 0.1) is 18.7 Å². The Morgan fingerprint density at radius 3 is 2.12 bits per heavy atom. The minimum atomic E-state index is -3.41. The number of carbonyl (C=O) groups is 2. The van der Waals surface area contributed by atoms with Crippen molar-refractivity contribution in [3.8, 4) is 0 Å². The van der Waals surface area contributed by atoms with Crippen LogP contribution in [0.2, 0.25) is 0 Å². The summed E-state index contributed by atoms with van der Waals surface area (Å²) in [4.78, 5) is 23.4. The van der Waals surface area contributed by atoms with Crippen molar-refractivity contribution in [1.29, 1.82) is 0 Å². The number of hydrogen-bond acceptors (Lipinski definition) is 4. The third-order valence-corrected chi connectivity index (χ3v) is 3.58. The smallest absolute Gasteiger partial charge is 0.308 e. The van der Waals surface area contributed by atoms with Crippen LogP contribution in [0.15, 0.2) is 0 Å². The molecule has 1 unspecified atom stereocenters. The van der Waals surface area contributed by atoms with Crippen LogP contribution in [0.1, 0.15) is 6.92 Å². The first-order chi connectivity index (χ1) is 7.55. The van der Waals surface area contributed by atoms with Crippen LogP contribution >= 0.6 is 0 Å². The number of nitrogens with zero attached hydrogens (tertiary/aromatic N) is 2. The fraction of sp³-hybridized carbons (Fsp3) is 0.778. The van der Waals surface area contributed by atoms with Gasteiger partial charge in [0.15, 0.2) is 0 Å². The molecule has 0 saturated carbocycles. The van der Waals surface area contributed by atoms with E-state index in [1.807, 2.05) is 0 Å².